The van der Waals surface area contributed by atoms with Crippen molar-refractivity contribution in [2.45, 2.75) is 13.8 Å². The molecular formula is C8H13NO2. The molecule has 0 atom stereocenters. The molecule has 0 unspecified atom stereocenters. The SMILES string of the molecule is CCN(C#CC(=O)OC)CC. The van der Waals surface area contributed by atoms with Gasteiger partial charge in [-0.05, 0) is 13.8 Å². The Labute approximate surface area is 67.3 Å². The summed E-state index contributed by atoms with van der Waals surface area (Å²) in [6, 6.07) is 2.68. The van der Waals surface area contributed by atoms with E-state index in [2.05, 4.69) is 16.7 Å². The first-order valence-electron chi connectivity index (χ1n) is 3.59. The number of methoxy groups -OCH3 is 1. The summed E-state index contributed by atoms with van der Waals surface area (Å²) in [6.07, 6.45) is 0. The fourth-order valence-electron chi connectivity index (χ4n) is 0.557. The van der Waals surface area contributed by atoms with Crippen LogP contribution in [0.15, 0.2) is 0 Å². The van der Waals surface area contributed by atoms with Crippen LogP contribution in [-0.2, 0) is 9.53 Å². The third-order valence-electron chi connectivity index (χ3n) is 1.26. The predicted octanol–water partition coefficient (Wildman–Crippen LogP) is 0.462. The van der Waals surface area contributed by atoms with Crippen molar-refractivity contribution in [3.8, 4) is 12.0 Å². The number of rotatable bonds is 2. The van der Waals surface area contributed by atoms with E-state index in [1.807, 2.05) is 18.7 Å². The molecule has 0 aromatic carbocycles. The molecule has 0 rings (SSSR count). The van der Waals surface area contributed by atoms with Crippen LogP contribution in [0.3, 0.4) is 0 Å². The minimum Gasteiger partial charge on any atom is -0.459 e. The third-order valence-corrected chi connectivity index (χ3v) is 1.26. The molecule has 0 heterocycles. The van der Waals surface area contributed by atoms with Crippen LogP contribution in [0.25, 0.3) is 0 Å². The van der Waals surface area contributed by atoms with E-state index in [-0.39, 0.29) is 0 Å². The van der Waals surface area contributed by atoms with Gasteiger partial charge in [0.25, 0.3) is 0 Å². The van der Waals surface area contributed by atoms with E-state index in [4.69, 9.17) is 0 Å². The summed E-state index contributed by atoms with van der Waals surface area (Å²) in [5, 5.41) is 0. The van der Waals surface area contributed by atoms with Crippen molar-refractivity contribution in [3.63, 3.8) is 0 Å². The third kappa shape index (κ3) is 4.26. The molecule has 0 radical (unpaired) electrons. The topological polar surface area (TPSA) is 29.5 Å². The van der Waals surface area contributed by atoms with E-state index in [0.717, 1.165) is 13.1 Å². The van der Waals surface area contributed by atoms with Crippen molar-refractivity contribution in [3.05, 3.63) is 0 Å². The van der Waals surface area contributed by atoms with Crippen molar-refractivity contribution in [2.75, 3.05) is 20.2 Å². The highest BCUT2D eigenvalue weighted by atomic mass is 16.5. The first kappa shape index (κ1) is 9.83. The zero-order valence-electron chi connectivity index (χ0n) is 7.18. The second-order valence-electron chi connectivity index (χ2n) is 1.90. The molecule has 0 spiro atoms. The molecular weight excluding hydrogens is 142 g/mol. The van der Waals surface area contributed by atoms with E-state index >= 15 is 0 Å². The molecule has 0 bridgehead atoms. The van der Waals surface area contributed by atoms with Gasteiger partial charge in [-0.15, -0.1) is 0 Å². The van der Waals surface area contributed by atoms with Crippen LogP contribution >= 0.6 is 0 Å². The summed E-state index contributed by atoms with van der Waals surface area (Å²) in [5.74, 6) is 1.86. The Morgan fingerprint density at radius 3 is 2.36 bits per heavy atom. The van der Waals surface area contributed by atoms with Gasteiger partial charge in [0.05, 0.1) is 7.11 Å². The van der Waals surface area contributed by atoms with Crippen molar-refractivity contribution in [1.29, 1.82) is 0 Å². The molecule has 0 aromatic heterocycles. The molecule has 0 aliphatic carbocycles. The Bertz CT molecular complexity index is 174. The molecule has 0 amide bonds. The van der Waals surface area contributed by atoms with Gasteiger partial charge >= 0.3 is 5.97 Å². The highest BCUT2D eigenvalue weighted by molar-refractivity contribution is 5.88. The lowest BCUT2D eigenvalue weighted by molar-refractivity contribution is -0.133. The van der Waals surface area contributed by atoms with Crippen LogP contribution < -0.4 is 0 Å². The number of ether oxygens (including phenoxy) is 1. The van der Waals surface area contributed by atoms with Gasteiger partial charge in [-0.3, -0.25) is 0 Å². The largest absolute Gasteiger partial charge is 0.459 e. The van der Waals surface area contributed by atoms with E-state index < -0.39 is 5.97 Å². The van der Waals surface area contributed by atoms with E-state index in [1.165, 1.54) is 7.11 Å². The molecule has 0 saturated heterocycles. The van der Waals surface area contributed by atoms with Crippen LogP contribution in [0.4, 0.5) is 0 Å². The predicted molar refractivity (Wildman–Crippen MR) is 42.7 cm³/mol. The molecule has 0 N–H and O–H groups in total. The molecule has 0 aliphatic heterocycles. The molecule has 3 nitrogen and oxygen atoms in total. The van der Waals surface area contributed by atoms with Gasteiger partial charge in [-0.1, -0.05) is 0 Å². The Morgan fingerprint density at radius 1 is 1.45 bits per heavy atom. The quantitative estimate of drug-likeness (QED) is 0.329. The minimum absolute atomic E-state index is 0.489. The van der Waals surface area contributed by atoms with Crippen molar-refractivity contribution in [1.82, 2.24) is 4.90 Å². The number of hydrogen-bond donors (Lipinski definition) is 0. The van der Waals surface area contributed by atoms with Gasteiger partial charge in [0.2, 0.25) is 0 Å². The van der Waals surface area contributed by atoms with Crippen LogP contribution in [0.2, 0.25) is 0 Å². The maximum absolute atomic E-state index is 10.5. The normalized spacial score (nSPS) is 7.91. The summed E-state index contributed by atoms with van der Waals surface area (Å²) in [7, 11) is 1.32. The lowest BCUT2D eigenvalue weighted by atomic mass is 10.5. The highest BCUT2D eigenvalue weighted by Crippen LogP contribution is 1.81. The van der Waals surface area contributed by atoms with Gasteiger partial charge in [0.15, 0.2) is 0 Å². The van der Waals surface area contributed by atoms with E-state index in [0.29, 0.717) is 0 Å². The second kappa shape index (κ2) is 5.60. The molecule has 0 aromatic rings. The zero-order valence-corrected chi connectivity index (χ0v) is 7.18. The Kier molecular flexibility index (Phi) is 5.01. The van der Waals surface area contributed by atoms with Crippen LogP contribution in [0.5, 0.6) is 0 Å². The zero-order chi connectivity index (χ0) is 8.69. The highest BCUT2D eigenvalue weighted by Gasteiger charge is 1.92. The standard InChI is InChI=1S/C8H13NO2/c1-4-9(5-2)7-6-8(10)11-3/h4-5H2,1-3H3. The first-order valence-corrected chi connectivity index (χ1v) is 3.59. The Morgan fingerprint density at radius 2 is 2.00 bits per heavy atom. The monoisotopic (exact) mass is 155 g/mol. The van der Waals surface area contributed by atoms with Crippen LogP contribution in [-0.4, -0.2) is 31.1 Å². The summed E-state index contributed by atoms with van der Waals surface area (Å²) in [5.41, 5.74) is 0. The summed E-state index contributed by atoms with van der Waals surface area (Å²) in [6.45, 7) is 5.60. The smallest absolute Gasteiger partial charge is 0.385 e. The lowest BCUT2D eigenvalue weighted by Crippen LogP contribution is -2.16. The fraction of sp³-hybridized carbons (Fsp3) is 0.625. The maximum atomic E-state index is 10.5. The van der Waals surface area contributed by atoms with E-state index in [9.17, 15) is 4.79 Å². The Balaban J connectivity index is 3.92. The maximum Gasteiger partial charge on any atom is 0.385 e. The van der Waals surface area contributed by atoms with Gasteiger partial charge in [-0.2, -0.15) is 0 Å². The van der Waals surface area contributed by atoms with Crippen molar-refractivity contribution in [2.24, 2.45) is 0 Å². The summed E-state index contributed by atoms with van der Waals surface area (Å²) < 4.78 is 4.35. The van der Waals surface area contributed by atoms with Gasteiger partial charge < -0.3 is 9.64 Å². The number of hydrogen-bond acceptors (Lipinski definition) is 3. The summed E-state index contributed by atoms with van der Waals surface area (Å²) in [4.78, 5) is 12.4. The Hall–Kier alpha value is -1.17. The number of carbonyl (C=O) groups is 1. The number of esters is 1. The lowest BCUT2D eigenvalue weighted by Gasteiger charge is -2.09. The van der Waals surface area contributed by atoms with E-state index in [1.54, 1.807) is 0 Å². The van der Waals surface area contributed by atoms with Crippen molar-refractivity contribution < 1.29 is 9.53 Å². The van der Waals surface area contributed by atoms with Gasteiger partial charge in [-0.25, -0.2) is 4.79 Å². The molecule has 3 heteroatoms. The molecule has 0 fully saturated rings. The fourth-order valence-corrected chi connectivity index (χ4v) is 0.557. The number of nitrogens with zero attached hydrogens (tertiary/aromatic N) is 1. The van der Waals surface area contributed by atoms with Crippen LogP contribution in [0.1, 0.15) is 13.8 Å². The van der Waals surface area contributed by atoms with Gasteiger partial charge in [0.1, 0.15) is 0 Å². The van der Waals surface area contributed by atoms with Crippen LogP contribution in [0, 0.1) is 12.0 Å². The summed E-state index contributed by atoms with van der Waals surface area (Å²) >= 11 is 0. The molecule has 0 saturated carbocycles. The minimum atomic E-state index is -0.489. The average Bonchev–Trinajstić information content (AvgIpc) is 2.06. The first-order chi connectivity index (χ1) is 5.24. The van der Waals surface area contributed by atoms with Gasteiger partial charge in [0, 0.05) is 25.1 Å². The number of carbonyl (C=O) groups excluding carboxylic acids is 1. The molecule has 0 aliphatic rings. The average molecular weight is 155 g/mol. The van der Waals surface area contributed by atoms with Crippen molar-refractivity contribution >= 4 is 5.97 Å². The second-order valence-corrected chi connectivity index (χ2v) is 1.90. The molecule has 62 valence electrons. The molecule has 11 heavy (non-hydrogen) atoms.